The number of hydrogen-bond acceptors (Lipinski definition) is 5. The first-order chi connectivity index (χ1) is 14.1. The van der Waals surface area contributed by atoms with Gasteiger partial charge in [0.25, 0.3) is 5.69 Å². The SMILES string of the molecule is O=[N+]([O-])c1cccc(/C=C/C=Nc2ccc3oc(-c4cccc(I)c4)nc3c2)c1. The summed E-state index contributed by atoms with van der Waals surface area (Å²) in [5.74, 6) is 0.574. The van der Waals surface area contributed by atoms with Crippen LogP contribution in [0.3, 0.4) is 0 Å². The Labute approximate surface area is 179 Å². The Bertz CT molecular complexity index is 1260. The van der Waals surface area contributed by atoms with E-state index in [4.69, 9.17) is 4.42 Å². The average molecular weight is 495 g/mol. The molecule has 0 aliphatic rings. The molecule has 3 aromatic carbocycles. The van der Waals surface area contributed by atoms with Crippen LogP contribution in [0.4, 0.5) is 11.4 Å². The predicted octanol–water partition coefficient (Wildman–Crippen LogP) is 6.42. The van der Waals surface area contributed by atoms with Crippen LogP contribution in [0.1, 0.15) is 5.56 Å². The highest BCUT2D eigenvalue weighted by Gasteiger charge is 2.09. The minimum atomic E-state index is -0.414. The second-order valence-electron chi connectivity index (χ2n) is 6.17. The molecule has 4 aromatic rings. The molecular weight excluding hydrogens is 481 g/mol. The number of nitrogens with zero attached hydrogens (tertiary/aromatic N) is 3. The van der Waals surface area contributed by atoms with Crippen molar-refractivity contribution in [2.24, 2.45) is 4.99 Å². The first-order valence-electron chi connectivity index (χ1n) is 8.70. The van der Waals surface area contributed by atoms with Crippen LogP contribution in [0.5, 0.6) is 0 Å². The number of rotatable bonds is 5. The van der Waals surface area contributed by atoms with Gasteiger partial charge in [-0.1, -0.05) is 24.3 Å². The number of aromatic nitrogens is 1. The molecule has 0 saturated carbocycles. The monoisotopic (exact) mass is 495 g/mol. The van der Waals surface area contributed by atoms with E-state index in [1.54, 1.807) is 30.5 Å². The minimum absolute atomic E-state index is 0.0597. The fourth-order valence-electron chi connectivity index (χ4n) is 2.77. The Morgan fingerprint density at radius 3 is 2.76 bits per heavy atom. The number of benzene rings is 3. The molecule has 1 heterocycles. The van der Waals surface area contributed by atoms with Gasteiger partial charge >= 0.3 is 0 Å². The maximum Gasteiger partial charge on any atom is 0.270 e. The summed E-state index contributed by atoms with van der Waals surface area (Å²) in [6, 6.07) is 19.9. The molecular formula is C22H14IN3O3. The number of non-ortho nitro benzene ring substituents is 1. The van der Waals surface area contributed by atoms with E-state index in [9.17, 15) is 10.1 Å². The Morgan fingerprint density at radius 2 is 1.93 bits per heavy atom. The maximum atomic E-state index is 10.8. The first-order valence-corrected chi connectivity index (χ1v) is 9.78. The molecule has 29 heavy (non-hydrogen) atoms. The molecule has 0 radical (unpaired) electrons. The highest BCUT2D eigenvalue weighted by Crippen LogP contribution is 2.27. The molecule has 0 aliphatic heterocycles. The molecule has 0 N–H and O–H groups in total. The third kappa shape index (κ3) is 4.57. The van der Waals surface area contributed by atoms with Crippen molar-refractivity contribution in [3.05, 3.63) is 92.1 Å². The number of fused-ring (bicyclic) bond motifs is 1. The molecule has 6 nitrogen and oxygen atoms in total. The van der Waals surface area contributed by atoms with Gasteiger partial charge in [0, 0.05) is 27.5 Å². The number of aliphatic imine (C=N–C) groups is 1. The molecule has 0 atom stereocenters. The number of nitro groups is 1. The normalized spacial score (nSPS) is 11.6. The highest BCUT2D eigenvalue weighted by atomic mass is 127. The van der Waals surface area contributed by atoms with Crippen molar-refractivity contribution >= 4 is 57.4 Å². The molecule has 0 fully saturated rings. The summed E-state index contributed by atoms with van der Waals surface area (Å²) in [6.45, 7) is 0. The third-order valence-electron chi connectivity index (χ3n) is 4.12. The molecule has 0 aliphatic carbocycles. The van der Waals surface area contributed by atoms with E-state index >= 15 is 0 Å². The lowest BCUT2D eigenvalue weighted by Gasteiger charge is -1.94. The number of nitro benzene ring substituents is 1. The standard InChI is InChI=1S/C22H14IN3O3/c23-17-7-2-6-16(13-17)22-25-20-14-18(9-10-21(20)29-22)24-11-3-5-15-4-1-8-19(12-15)26(27)28/h1-14H/b5-3+,24-11?. The lowest BCUT2D eigenvalue weighted by atomic mass is 10.2. The fourth-order valence-corrected chi connectivity index (χ4v) is 3.31. The molecule has 7 heteroatoms. The smallest absolute Gasteiger partial charge is 0.270 e. The number of allylic oxidation sites excluding steroid dienone is 1. The second-order valence-corrected chi connectivity index (χ2v) is 7.42. The van der Waals surface area contributed by atoms with Crippen molar-refractivity contribution in [2.45, 2.75) is 0 Å². The van der Waals surface area contributed by atoms with E-state index in [0.29, 0.717) is 11.5 Å². The van der Waals surface area contributed by atoms with Crippen LogP contribution in [-0.2, 0) is 0 Å². The van der Waals surface area contributed by atoms with E-state index in [-0.39, 0.29) is 5.69 Å². The molecule has 0 bridgehead atoms. The average Bonchev–Trinajstić information content (AvgIpc) is 3.15. The van der Waals surface area contributed by atoms with Gasteiger partial charge < -0.3 is 4.42 Å². The second kappa shape index (κ2) is 8.36. The Morgan fingerprint density at radius 1 is 1.07 bits per heavy atom. The maximum absolute atomic E-state index is 10.8. The van der Waals surface area contributed by atoms with E-state index in [1.165, 1.54) is 12.1 Å². The van der Waals surface area contributed by atoms with Crippen LogP contribution in [0.15, 0.2) is 82.2 Å². The summed E-state index contributed by atoms with van der Waals surface area (Å²) in [4.78, 5) is 19.4. The topological polar surface area (TPSA) is 81.5 Å². The highest BCUT2D eigenvalue weighted by molar-refractivity contribution is 14.1. The molecule has 4 rings (SSSR count). The summed E-state index contributed by atoms with van der Waals surface area (Å²) >= 11 is 2.26. The van der Waals surface area contributed by atoms with Gasteiger partial charge in [-0.05, 0) is 70.6 Å². The number of oxazole rings is 1. The Kier molecular flexibility index (Phi) is 5.48. The predicted molar refractivity (Wildman–Crippen MR) is 122 cm³/mol. The van der Waals surface area contributed by atoms with Crippen LogP contribution in [-0.4, -0.2) is 16.1 Å². The summed E-state index contributed by atoms with van der Waals surface area (Å²) in [5.41, 5.74) is 3.90. The van der Waals surface area contributed by atoms with Gasteiger partial charge in [-0.25, -0.2) is 4.98 Å². The van der Waals surface area contributed by atoms with Gasteiger partial charge in [0.05, 0.1) is 10.6 Å². The zero-order valence-corrected chi connectivity index (χ0v) is 17.2. The molecule has 0 spiro atoms. The van der Waals surface area contributed by atoms with Gasteiger partial charge in [0.2, 0.25) is 5.89 Å². The van der Waals surface area contributed by atoms with Crippen LogP contribution in [0, 0.1) is 13.7 Å². The van der Waals surface area contributed by atoms with E-state index < -0.39 is 4.92 Å². The number of hydrogen-bond donors (Lipinski definition) is 0. The van der Waals surface area contributed by atoms with Gasteiger partial charge in [-0.3, -0.25) is 15.1 Å². The lowest BCUT2D eigenvalue weighted by molar-refractivity contribution is -0.384. The first kappa shape index (κ1) is 19.0. The minimum Gasteiger partial charge on any atom is -0.436 e. The van der Waals surface area contributed by atoms with Crippen LogP contribution in [0.25, 0.3) is 28.6 Å². The van der Waals surface area contributed by atoms with Crippen molar-refractivity contribution in [3.8, 4) is 11.5 Å². The van der Waals surface area contributed by atoms with Gasteiger partial charge in [-0.2, -0.15) is 0 Å². The molecule has 0 amide bonds. The van der Waals surface area contributed by atoms with Crippen LogP contribution >= 0.6 is 22.6 Å². The van der Waals surface area contributed by atoms with Crippen molar-refractivity contribution < 1.29 is 9.34 Å². The van der Waals surface area contributed by atoms with Crippen molar-refractivity contribution in [3.63, 3.8) is 0 Å². The largest absolute Gasteiger partial charge is 0.436 e. The molecule has 0 saturated heterocycles. The summed E-state index contributed by atoms with van der Waals surface area (Å²) < 4.78 is 6.96. The quantitative estimate of drug-likeness (QED) is 0.138. The van der Waals surface area contributed by atoms with Crippen molar-refractivity contribution in [1.82, 2.24) is 4.98 Å². The summed E-state index contributed by atoms with van der Waals surface area (Å²) in [6.07, 6.45) is 5.14. The van der Waals surface area contributed by atoms with Crippen molar-refractivity contribution in [1.29, 1.82) is 0 Å². The zero-order chi connectivity index (χ0) is 20.2. The fraction of sp³-hybridized carbons (Fsp3) is 0. The Balaban J connectivity index is 1.52. The van der Waals surface area contributed by atoms with Crippen LogP contribution in [0.2, 0.25) is 0 Å². The zero-order valence-electron chi connectivity index (χ0n) is 15.0. The molecule has 0 unspecified atom stereocenters. The van der Waals surface area contributed by atoms with Gasteiger partial charge in [0.15, 0.2) is 5.58 Å². The van der Waals surface area contributed by atoms with E-state index in [0.717, 1.165) is 25.9 Å². The van der Waals surface area contributed by atoms with Crippen molar-refractivity contribution in [2.75, 3.05) is 0 Å². The summed E-state index contributed by atoms with van der Waals surface area (Å²) in [5, 5.41) is 10.8. The Hall–Kier alpha value is -3.33. The lowest BCUT2D eigenvalue weighted by Crippen LogP contribution is -1.87. The van der Waals surface area contributed by atoms with E-state index in [1.807, 2.05) is 42.5 Å². The molecule has 142 valence electrons. The van der Waals surface area contributed by atoms with E-state index in [2.05, 4.69) is 32.6 Å². The summed E-state index contributed by atoms with van der Waals surface area (Å²) in [7, 11) is 0. The molecule has 1 aromatic heterocycles. The third-order valence-corrected chi connectivity index (χ3v) is 4.79. The van der Waals surface area contributed by atoms with Gasteiger partial charge in [-0.15, -0.1) is 0 Å². The van der Waals surface area contributed by atoms with Crippen LogP contribution < -0.4 is 0 Å². The van der Waals surface area contributed by atoms with Gasteiger partial charge in [0.1, 0.15) is 5.52 Å². The number of halogens is 1.